The largest absolute Gasteiger partial charge is 0.497 e. The van der Waals surface area contributed by atoms with Crippen molar-refractivity contribution in [1.29, 1.82) is 0 Å². The first kappa shape index (κ1) is 46.1. The van der Waals surface area contributed by atoms with E-state index in [-0.39, 0.29) is 6.61 Å². The Morgan fingerprint density at radius 1 is 0.672 bits per heavy atom. The molecule has 0 aliphatic carbocycles. The first-order chi connectivity index (χ1) is 31.1. The van der Waals surface area contributed by atoms with Crippen molar-refractivity contribution in [1.82, 2.24) is 24.3 Å². The summed E-state index contributed by atoms with van der Waals surface area (Å²) >= 11 is 1.61. The smallest absolute Gasteiger partial charge is 0.157 e. The highest BCUT2D eigenvalue weighted by Gasteiger charge is 2.28. The summed E-state index contributed by atoms with van der Waals surface area (Å²) < 4.78 is 42.9. The van der Waals surface area contributed by atoms with Crippen molar-refractivity contribution < 1.29 is 33.2 Å². The van der Waals surface area contributed by atoms with Gasteiger partial charge in [-0.25, -0.2) is 9.97 Å². The highest BCUT2D eigenvalue weighted by Crippen LogP contribution is 2.43. The Kier molecular flexibility index (Phi) is 15.3. The topological polar surface area (TPSA) is 131 Å². The van der Waals surface area contributed by atoms with Gasteiger partial charge in [-0.2, -0.15) is 0 Å². The van der Waals surface area contributed by atoms with E-state index in [0.29, 0.717) is 77.8 Å². The van der Waals surface area contributed by atoms with E-state index < -0.39 is 0 Å². The fraction of sp³-hybridized carbons (Fsp3) is 0.388. The molecule has 15 heteroatoms. The van der Waals surface area contributed by atoms with Crippen molar-refractivity contribution in [2.45, 2.75) is 56.4 Å². The molecule has 7 rings (SSSR count). The first-order valence-corrected chi connectivity index (χ1v) is 22.2. The van der Waals surface area contributed by atoms with Gasteiger partial charge in [0.05, 0.1) is 65.3 Å². The molecule has 4 aromatic carbocycles. The minimum Gasteiger partial charge on any atom is -0.497 e. The van der Waals surface area contributed by atoms with E-state index in [1.807, 2.05) is 61.5 Å². The van der Waals surface area contributed by atoms with Gasteiger partial charge in [0.1, 0.15) is 52.4 Å². The summed E-state index contributed by atoms with van der Waals surface area (Å²) in [5.41, 5.74) is 14.1. The number of fused-ring (bicyclic) bond motifs is 1. The predicted octanol–water partition coefficient (Wildman–Crippen LogP) is 8.06. The molecule has 340 valence electrons. The number of nitrogens with two attached hydrogens (primary N) is 1. The number of imidazole rings is 1. The zero-order valence-electron chi connectivity index (χ0n) is 38.5. The van der Waals surface area contributed by atoms with Gasteiger partial charge in [0.25, 0.3) is 0 Å². The first-order valence-electron chi connectivity index (χ1n) is 21.4. The second kappa shape index (κ2) is 21.2. The average molecular weight is 892 g/mol. The minimum atomic E-state index is 0.272. The van der Waals surface area contributed by atoms with Gasteiger partial charge in [-0.05, 0) is 75.0 Å². The quantitative estimate of drug-likeness (QED) is 0.0742. The van der Waals surface area contributed by atoms with Crippen LogP contribution in [0.4, 0.5) is 11.5 Å². The van der Waals surface area contributed by atoms with Crippen LogP contribution in [-0.4, -0.2) is 107 Å². The standard InChI is InChI=1S/C49H61N7O7S/c1-10-63-31-45-52-46-47(56(45)30-36-14-17-39(59-6)26-43(36)62-9)48(64-44-18-11-33(23-40(44)50)27-54-21-19-53(3)20-22-54)32(2)51-49(46)55(28-34-12-15-37(57-4)24-41(34)60-7)29-35-13-16-38(58-5)25-42(35)61-8/h11-18,23-26H,10,19-22,27-31,50H2,1-9H3. The van der Waals surface area contributed by atoms with Crippen LogP contribution < -0.4 is 39.1 Å². The Hall–Kier alpha value is -5.87. The second-order valence-electron chi connectivity index (χ2n) is 15.7. The Balaban J connectivity index is 1.42. The fourth-order valence-electron chi connectivity index (χ4n) is 8.03. The van der Waals surface area contributed by atoms with Crippen molar-refractivity contribution in [3.63, 3.8) is 0 Å². The molecular formula is C49H61N7O7S. The van der Waals surface area contributed by atoms with Gasteiger partial charge in [-0.3, -0.25) is 4.90 Å². The van der Waals surface area contributed by atoms with E-state index in [0.717, 1.165) is 76.2 Å². The van der Waals surface area contributed by atoms with E-state index >= 15 is 0 Å². The average Bonchev–Trinajstić information content (AvgIpc) is 3.67. The van der Waals surface area contributed by atoms with Gasteiger partial charge < -0.3 is 53.3 Å². The molecule has 0 radical (unpaired) electrons. The van der Waals surface area contributed by atoms with Gasteiger partial charge in [0, 0.05) is 97.9 Å². The third kappa shape index (κ3) is 10.4. The van der Waals surface area contributed by atoms with Crippen LogP contribution >= 0.6 is 11.8 Å². The lowest BCUT2D eigenvalue weighted by atomic mass is 10.1. The van der Waals surface area contributed by atoms with E-state index in [1.165, 1.54) is 5.56 Å². The Morgan fingerprint density at radius 2 is 1.23 bits per heavy atom. The van der Waals surface area contributed by atoms with Gasteiger partial charge >= 0.3 is 0 Å². The molecule has 0 atom stereocenters. The number of likely N-dealkylation sites (N-methyl/N-ethyl adjacent to an activating group) is 1. The number of nitrogens with zero attached hydrogens (tertiary/aromatic N) is 6. The number of benzene rings is 4. The van der Waals surface area contributed by atoms with Crippen molar-refractivity contribution in [3.8, 4) is 34.5 Å². The number of aryl methyl sites for hydroxylation is 1. The normalized spacial score (nSPS) is 13.3. The Bertz CT molecular complexity index is 2490. The molecule has 0 bridgehead atoms. The van der Waals surface area contributed by atoms with Crippen LogP contribution in [-0.2, 0) is 37.5 Å². The van der Waals surface area contributed by atoms with Crippen LogP contribution in [0, 0.1) is 6.92 Å². The van der Waals surface area contributed by atoms with Crippen molar-refractivity contribution in [2.75, 3.05) is 93.1 Å². The van der Waals surface area contributed by atoms with E-state index in [9.17, 15) is 0 Å². The van der Waals surface area contributed by atoms with Gasteiger partial charge in [0.2, 0.25) is 0 Å². The highest BCUT2D eigenvalue weighted by atomic mass is 32.2. The van der Waals surface area contributed by atoms with Crippen molar-refractivity contribution in [3.05, 3.63) is 107 Å². The summed E-state index contributed by atoms with van der Waals surface area (Å²) in [6.07, 6.45) is 0. The van der Waals surface area contributed by atoms with E-state index in [1.54, 1.807) is 54.4 Å². The van der Waals surface area contributed by atoms with Crippen molar-refractivity contribution >= 4 is 34.3 Å². The van der Waals surface area contributed by atoms with Crippen LogP contribution in [0.5, 0.6) is 34.5 Å². The Morgan fingerprint density at radius 3 is 1.77 bits per heavy atom. The SMILES string of the molecule is CCOCc1nc2c(N(Cc3ccc(OC)cc3OC)Cc3ccc(OC)cc3OC)nc(C)c(Sc3ccc(CN4CCN(C)CC4)cc3N)c2n1Cc1ccc(OC)cc1OC. The van der Waals surface area contributed by atoms with Crippen LogP contribution in [0.15, 0.2) is 82.6 Å². The molecule has 1 aliphatic heterocycles. The fourth-order valence-corrected chi connectivity index (χ4v) is 9.06. The zero-order chi connectivity index (χ0) is 45.3. The number of nitrogen functional groups attached to an aromatic ring is 1. The molecule has 2 N–H and O–H groups in total. The lowest BCUT2D eigenvalue weighted by molar-refractivity contribution is 0.126. The second-order valence-corrected chi connectivity index (χ2v) is 16.8. The third-order valence-corrected chi connectivity index (χ3v) is 12.9. The number of hydrogen-bond acceptors (Lipinski definition) is 14. The third-order valence-electron chi connectivity index (χ3n) is 11.6. The van der Waals surface area contributed by atoms with Gasteiger partial charge in [0.15, 0.2) is 5.82 Å². The number of piperazine rings is 1. The molecule has 3 heterocycles. The number of pyridine rings is 1. The van der Waals surface area contributed by atoms with E-state index in [4.69, 9.17) is 48.9 Å². The summed E-state index contributed by atoms with van der Waals surface area (Å²) in [4.78, 5) is 19.8. The van der Waals surface area contributed by atoms with Crippen molar-refractivity contribution in [2.24, 2.45) is 0 Å². The number of hydrogen-bond donors (Lipinski definition) is 1. The van der Waals surface area contributed by atoms with Crippen LogP contribution in [0.1, 0.15) is 40.7 Å². The Labute approximate surface area is 381 Å². The number of methoxy groups -OCH3 is 6. The lowest BCUT2D eigenvalue weighted by Crippen LogP contribution is -2.43. The summed E-state index contributed by atoms with van der Waals surface area (Å²) in [6, 6.07) is 24.0. The van der Waals surface area contributed by atoms with Crippen LogP contribution in [0.3, 0.4) is 0 Å². The molecule has 1 saturated heterocycles. The molecule has 14 nitrogen and oxygen atoms in total. The summed E-state index contributed by atoms with van der Waals surface area (Å²) in [5, 5.41) is 0. The monoisotopic (exact) mass is 891 g/mol. The maximum atomic E-state index is 6.95. The van der Waals surface area contributed by atoms with Crippen LogP contribution in [0.25, 0.3) is 11.0 Å². The predicted molar refractivity (Wildman–Crippen MR) is 253 cm³/mol. The molecule has 0 unspecified atom stereocenters. The molecule has 0 spiro atoms. The minimum absolute atomic E-state index is 0.272. The lowest BCUT2D eigenvalue weighted by Gasteiger charge is -2.32. The van der Waals surface area contributed by atoms with Gasteiger partial charge in [-0.1, -0.05) is 17.8 Å². The maximum absolute atomic E-state index is 6.95. The molecule has 1 aliphatic rings. The van der Waals surface area contributed by atoms with E-state index in [2.05, 4.69) is 51.4 Å². The molecule has 0 saturated carbocycles. The molecular weight excluding hydrogens is 831 g/mol. The molecule has 6 aromatic rings. The van der Waals surface area contributed by atoms with Crippen LogP contribution in [0.2, 0.25) is 0 Å². The molecule has 2 aromatic heterocycles. The molecule has 64 heavy (non-hydrogen) atoms. The molecule has 1 fully saturated rings. The number of anilines is 2. The molecule has 0 amide bonds. The van der Waals surface area contributed by atoms with Gasteiger partial charge in [-0.15, -0.1) is 0 Å². The number of ether oxygens (including phenoxy) is 7. The zero-order valence-corrected chi connectivity index (χ0v) is 39.3. The summed E-state index contributed by atoms with van der Waals surface area (Å²) in [6.45, 7) is 11.1. The summed E-state index contributed by atoms with van der Waals surface area (Å²) in [7, 11) is 12.1. The maximum Gasteiger partial charge on any atom is 0.157 e. The number of aromatic nitrogens is 3. The highest BCUT2D eigenvalue weighted by molar-refractivity contribution is 7.99. The summed E-state index contributed by atoms with van der Waals surface area (Å²) in [5.74, 6) is 5.59. The number of rotatable bonds is 20.